The lowest BCUT2D eigenvalue weighted by atomic mass is 10.0. The number of ether oxygens (including phenoxy) is 1. The first-order valence-electron chi connectivity index (χ1n) is 9.20. The number of ketones is 2. The molecule has 8 heteroatoms. The van der Waals surface area contributed by atoms with Gasteiger partial charge in [-0.05, 0) is 36.4 Å². The third kappa shape index (κ3) is 5.45. The second-order valence-corrected chi connectivity index (χ2v) is 7.33. The molecule has 29 heavy (non-hydrogen) atoms. The molecule has 0 atom stereocenters. The van der Waals surface area contributed by atoms with Crippen molar-refractivity contribution >= 4 is 28.9 Å². The Morgan fingerprint density at radius 1 is 1.03 bits per heavy atom. The van der Waals surface area contributed by atoms with Gasteiger partial charge in [-0.3, -0.25) is 14.6 Å². The lowest BCUT2D eigenvalue weighted by molar-refractivity contribution is 0.0599. The minimum absolute atomic E-state index is 0.0667. The molecule has 0 N–H and O–H groups in total. The van der Waals surface area contributed by atoms with Crippen molar-refractivity contribution in [3.05, 3.63) is 58.9 Å². The van der Waals surface area contributed by atoms with Crippen LogP contribution in [-0.4, -0.2) is 34.8 Å². The predicted octanol–water partition coefficient (Wildman–Crippen LogP) is 4.60. The number of unbranched alkanes of at least 4 members (excludes halogenated alkanes) is 2. The average Bonchev–Trinajstić information content (AvgIpc) is 3.44. The number of rotatable bonds is 10. The van der Waals surface area contributed by atoms with Gasteiger partial charge in [0.2, 0.25) is 0 Å². The summed E-state index contributed by atoms with van der Waals surface area (Å²) in [6.45, 7) is 0. The first-order valence-corrected chi connectivity index (χ1v) is 10.1. The van der Waals surface area contributed by atoms with Gasteiger partial charge in [0.15, 0.2) is 17.3 Å². The third-order valence-corrected chi connectivity index (χ3v) is 5.22. The van der Waals surface area contributed by atoms with Crippen LogP contribution in [0.3, 0.4) is 0 Å². The van der Waals surface area contributed by atoms with Crippen LogP contribution in [0, 0.1) is 0 Å². The van der Waals surface area contributed by atoms with Gasteiger partial charge in [0.25, 0.3) is 0 Å². The van der Waals surface area contributed by atoms with Crippen molar-refractivity contribution in [2.75, 3.05) is 7.11 Å². The van der Waals surface area contributed by atoms with Crippen LogP contribution in [0.5, 0.6) is 0 Å². The lowest BCUT2D eigenvalue weighted by Gasteiger charge is -2.02. The molecule has 3 rings (SSSR count). The standard InChI is InChI=1S/C21H20N2O5S/c1-27-21(26)14-9-10-15(22-13-14)17(24)6-3-2-4-7-18(25)16-12-19(28-23-16)20-8-5-11-29-20/h5,8-13H,2-4,6-7H2,1H3. The molecule has 0 amide bonds. The maximum Gasteiger partial charge on any atom is 0.339 e. The fourth-order valence-electron chi connectivity index (χ4n) is 2.74. The minimum atomic E-state index is -0.490. The molecule has 3 aromatic rings. The maximum absolute atomic E-state index is 12.2. The summed E-state index contributed by atoms with van der Waals surface area (Å²) in [5, 5.41) is 5.79. The number of esters is 1. The zero-order valence-electron chi connectivity index (χ0n) is 15.9. The SMILES string of the molecule is COC(=O)c1ccc(C(=O)CCCCCC(=O)c2cc(-c3cccs3)on2)nc1. The van der Waals surface area contributed by atoms with Crippen molar-refractivity contribution < 1.29 is 23.6 Å². The summed E-state index contributed by atoms with van der Waals surface area (Å²) < 4.78 is 9.83. The number of Topliss-reactive ketones (excluding diaryl/α,β-unsaturated/α-hetero) is 2. The van der Waals surface area contributed by atoms with Crippen LogP contribution in [0.1, 0.15) is 63.4 Å². The van der Waals surface area contributed by atoms with Crippen LogP contribution in [0.2, 0.25) is 0 Å². The lowest BCUT2D eigenvalue weighted by Crippen LogP contribution is -2.06. The van der Waals surface area contributed by atoms with Crippen LogP contribution >= 0.6 is 11.3 Å². The Morgan fingerprint density at radius 3 is 2.41 bits per heavy atom. The summed E-state index contributed by atoms with van der Waals surface area (Å²) >= 11 is 1.52. The van der Waals surface area contributed by atoms with Crippen LogP contribution in [0.4, 0.5) is 0 Å². The molecule has 0 aliphatic heterocycles. The van der Waals surface area contributed by atoms with Crippen molar-refractivity contribution in [1.82, 2.24) is 10.1 Å². The summed E-state index contributed by atoms with van der Waals surface area (Å²) in [7, 11) is 1.29. The van der Waals surface area contributed by atoms with Gasteiger partial charge in [-0.15, -0.1) is 11.3 Å². The molecular weight excluding hydrogens is 392 g/mol. The van der Waals surface area contributed by atoms with Crippen molar-refractivity contribution in [3.63, 3.8) is 0 Å². The monoisotopic (exact) mass is 412 g/mol. The fourth-order valence-corrected chi connectivity index (χ4v) is 3.42. The van der Waals surface area contributed by atoms with Crippen LogP contribution < -0.4 is 0 Å². The molecular formula is C21H20N2O5S. The molecule has 0 spiro atoms. The number of carbonyl (C=O) groups excluding carboxylic acids is 3. The largest absolute Gasteiger partial charge is 0.465 e. The second kappa shape index (κ2) is 9.88. The van der Waals surface area contributed by atoms with Gasteiger partial charge in [-0.1, -0.05) is 17.6 Å². The number of hydrogen-bond acceptors (Lipinski definition) is 8. The summed E-state index contributed by atoms with van der Waals surface area (Å²) in [5.41, 5.74) is 0.953. The van der Waals surface area contributed by atoms with Crippen LogP contribution in [-0.2, 0) is 4.74 Å². The number of nitrogens with zero attached hydrogens (tertiary/aromatic N) is 2. The summed E-state index contributed by atoms with van der Waals surface area (Å²) in [6, 6.07) is 8.53. The quantitative estimate of drug-likeness (QED) is 0.272. The molecule has 3 aromatic heterocycles. The molecule has 0 saturated carbocycles. The Morgan fingerprint density at radius 2 is 1.79 bits per heavy atom. The first kappa shape index (κ1) is 20.6. The summed E-state index contributed by atoms with van der Waals surface area (Å²) in [4.78, 5) is 40.7. The van der Waals surface area contributed by atoms with Gasteiger partial charge in [0.1, 0.15) is 11.4 Å². The van der Waals surface area contributed by atoms with Crippen molar-refractivity contribution in [1.29, 1.82) is 0 Å². The van der Waals surface area contributed by atoms with E-state index >= 15 is 0 Å². The van der Waals surface area contributed by atoms with Crippen molar-refractivity contribution in [2.24, 2.45) is 0 Å². The van der Waals surface area contributed by atoms with Crippen LogP contribution in [0.25, 0.3) is 10.6 Å². The Kier molecular flexibility index (Phi) is 7.02. The topological polar surface area (TPSA) is 99.4 Å². The molecule has 150 valence electrons. The Labute approximate surface area is 171 Å². The Bertz CT molecular complexity index is 977. The summed E-state index contributed by atoms with van der Waals surface area (Å²) in [6.07, 6.45) is 4.10. The van der Waals surface area contributed by atoms with E-state index in [4.69, 9.17) is 4.52 Å². The molecule has 0 radical (unpaired) electrons. The minimum Gasteiger partial charge on any atom is -0.465 e. The highest BCUT2D eigenvalue weighted by Gasteiger charge is 2.14. The third-order valence-electron chi connectivity index (χ3n) is 4.34. The Balaban J connectivity index is 1.39. The molecule has 0 saturated heterocycles. The van der Waals surface area contributed by atoms with E-state index < -0.39 is 5.97 Å². The number of methoxy groups -OCH3 is 1. The average molecular weight is 412 g/mol. The van der Waals surface area contributed by atoms with Gasteiger partial charge >= 0.3 is 5.97 Å². The number of thiophene rings is 1. The van der Waals surface area contributed by atoms with Gasteiger partial charge < -0.3 is 9.26 Å². The van der Waals surface area contributed by atoms with Gasteiger partial charge in [-0.2, -0.15) is 0 Å². The molecule has 0 bridgehead atoms. The maximum atomic E-state index is 12.2. The smallest absolute Gasteiger partial charge is 0.339 e. The van der Waals surface area contributed by atoms with Gasteiger partial charge in [-0.25, -0.2) is 4.79 Å². The highest BCUT2D eigenvalue weighted by Crippen LogP contribution is 2.25. The molecule has 0 fully saturated rings. The van der Waals surface area contributed by atoms with Crippen molar-refractivity contribution in [2.45, 2.75) is 32.1 Å². The second-order valence-electron chi connectivity index (χ2n) is 6.38. The number of hydrogen-bond donors (Lipinski definition) is 0. The number of carbonyl (C=O) groups is 3. The van der Waals surface area contributed by atoms with E-state index in [2.05, 4.69) is 14.9 Å². The zero-order valence-corrected chi connectivity index (χ0v) is 16.7. The van der Waals surface area contributed by atoms with E-state index in [1.807, 2.05) is 17.5 Å². The molecule has 0 aliphatic carbocycles. The predicted molar refractivity (Wildman–Crippen MR) is 107 cm³/mol. The fraction of sp³-hybridized carbons (Fsp3) is 0.286. The molecule has 7 nitrogen and oxygen atoms in total. The highest BCUT2D eigenvalue weighted by molar-refractivity contribution is 7.13. The molecule has 3 heterocycles. The van der Waals surface area contributed by atoms with E-state index in [0.717, 1.165) is 11.3 Å². The van der Waals surface area contributed by atoms with Crippen LogP contribution in [0.15, 0.2) is 46.4 Å². The van der Waals surface area contributed by atoms with E-state index in [0.29, 0.717) is 48.4 Å². The summed E-state index contributed by atoms with van der Waals surface area (Å²) in [5.74, 6) is -0.0526. The van der Waals surface area contributed by atoms with E-state index in [9.17, 15) is 14.4 Å². The zero-order chi connectivity index (χ0) is 20.6. The molecule has 0 aliphatic rings. The first-order chi connectivity index (χ1) is 14.1. The Hall–Kier alpha value is -3.13. The van der Waals surface area contributed by atoms with Gasteiger partial charge in [0, 0.05) is 25.1 Å². The molecule has 0 unspecified atom stereocenters. The number of pyridine rings is 1. The van der Waals surface area contributed by atoms with E-state index in [1.54, 1.807) is 6.07 Å². The van der Waals surface area contributed by atoms with E-state index in [-0.39, 0.29) is 11.6 Å². The highest BCUT2D eigenvalue weighted by atomic mass is 32.1. The van der Waals surface area contributed by atoms with E-state index in [1.165, 1.54) is 36.8 Å². The number of aromatic nitrogens is 2. The van der Waals surface area contributed by atoms with Gasteiger partial charge in [0.05, 0.1) is 17.6 Å². The normalized spacial score (nSPS) is 10.7. The van der Waals surface area contributed by atoms with Crippen molar-refractivity contribution in [3.8, 4) is 10.6 Å². The molecule has 0 aromatic carbocycles.